The molecule has 0 unspecified atom stereocenters. The summed E-state index contributed by atoms with van der Waals surface area (Å²) < 4.78 is 0. The van der Waals surface area contributed by atoms with Crippen LogP contribution in [0.25, 0.3) is 0 Å². The Morgan fingerprint density at radius 3 is 0.923 bits per heavy atom. The zero-order chi connectivity index (χ0) is 8.81. The summed E-state index contributed by atoms with van der Waals surface area (Å²) in [5, 5.41) is 1.63. The van der Waals surface area contributed by atoms with E-state index < -0.39 is 0 Å². The van der Waals surface area contributed by atoms with E-state index in [1.807, 2.05) is 48.5 Å². The molecule has 0 bridgehead atoms. The summed E-state index contributed by atoms with van der Waals surface area (Å²) in [7, 11) is 0. The molecule has 0 saturated heterocycles. The van der Waals surface area contributed by atoms with Gasteiger partial charge in [0.2, 0.25) is 0 Å². The average molecular weight is 255 g/mol. The van der Waals surface area contributed by atoms with Gasteiger partial charge < -0.3 is 0 Å². The van der Waals surface area contributed by atoms with E-state index in [2.05, 4.69) is 0 Å². The van der Waals surface area contributed by atoms with Crippen molar-refractivity contribution in [1.29, 1.82) is 0 Å². The molecule has 0 aromatic heterocycles. The van der Waals surface area contributed by atoms with Gasteiger partial charge in [-0.3, -0.25) is 0 Å². The van der Waals surface area contributed by atoms with E-state index in [1.165, 1.54) is 0 Å². The first-order chi connectivity index (χ1) is 5.79. The molecule has 2 rings (SSSR count). The van der Waals surface area contributed by atoms with Crippen LogP contribution in [0.15, 0.2) is 48.5 Å². The third-order valence-corrected chi connectivity index (χ3v) is 1.75. The van der Waals surface area contributed by atoms with Crippen molar-refractivity contribution in [2.45, 2.75) is 0 Å². The van der Waals surface area contributed by atoms with Gasteiger partial charge in [0, 0.05) is 17.1 Å². The third kappa shape index (κ3) is 5.95. The molecule has 0 nitrogen and oxygen atoms in total. The Morgan fingerprint density at radius 2 is 0.846 bits per heavy atom. The second-order valence-corrected chi connectivity index (χ2v) is 3.08. The first kappa shape index (κ1) is 12.8. The van der Waals surface area contributed by atoms with Gasteiger partial charge in [-0.15, -0.1) is 0 Å². The van der Waals surface area contributed by atoms with Gasteiger partial charge in [-0.25, -0.2) is 24.3 Å². The van der Waals surface area contributed by atoms with Gasteiger partial charge in [-0.1, -0.05) is 10.0 Å². The Morgan fingerprint density at radius 1 is 0.615 bits per heavy atom. The average Bonchev–Trinajstić information content (AvgIpc) is 2.63. The van der Waals surface area contributed by atoms with Crippen LogP contribution in [0.3, 0.4) is 0 Å². The molecule has 0 radical (unpaired) electrons. The van der Waals surface area contributed by atoms with Crippen molar-refractivity contribution in [1.82, 2.24) is 0 Å². The second kappa shape index (κ2) is 7.23. The summed E-state index contributed by atoms with van der Waals surface area (Å²) in [6.07, 6.45) is 0. The fourth-order valence-electron chi connectivity index (χ4n) is 0.701. The number of hydrogen-bond donors (Lipinski definition) is 0. The minimum Gasteiger partial charge on any atom is -0.212 e. The smallest absolute Gasteiger partial charge is 0 e. The summed E-state index contributed by atoms with van der Waals surface area (Å²) in [5.41, 5.74) is 0. The van der Waals surface area contributed by atoms with Crippen LogP contribution in [0.2, 0.25) is 10.0 Å². The number of hydrogen-bond acceptors (Lipinski definition) is 0. The molecule has 3 heteroatoms. The molecule has 72 valence electrons. The topological polar surface area (TPSA) is 0 Å². The van der Waals surface area contributed by atoms with Crippen LogP contribution >= 0.6 is 23.2 Å². The molecule has 0 N–H and O–H groups in total. The van der Waals surface area contributed by atoms with Gasteiger partial charge in [0.25, 0.3) is 0 Å². The number of rotatable bonds is 0. The second-order valence-electron chi connectivity index (χ2n) is 2.21. The van der Waals surface area contributed by atoms with Crippen molar-refractivity contribution in [3.63, 3.8) is 0 Å². The van der Waals surface area contributed by atoms with Gasteiger partial charge in [0.15, 0.2) is 0 Å². The van der Waals surface area contributed by atoms with E-state index in [9.17, 15) is 0 Å². The van der Waals surface area contributed by atoms with Crippen LogP contribution in [0.5, 0.6) is 0 Å². The van der Waals surface area contributed by atoms with Crippen molar-refractivity contribution in [3.8, 4) is 0 Å². The molecule has 0 atom stereocenters. The van der Waals surface area contributed by atoms with E-state index in [0.29, 0.717) is 0 Å². The number of halogens is 2. The normalized spacial score (nSPS) is 8.15. The maximum Gasteiger partial charge on any atom is 0 e. The minimum absolute atomic E-state index is 0. The predicted molar refractivity (Wildman–Crippen MR) is 54.1 cm³/mol. The molecule has 13 heavy (non-hydrogen) atoms. The van der Waals surface area contributed by atoms with Gasteiger partial charge in [-0.05, 0) is 0 Å². The van der Waals surface area contributed by atoms with Crippen LogP contribution in [-0.4, -0.2) is 0 Å². The van der Waals surface area contributed by atoms with E-state index in [1.54, 1.807) is 0 Å². The Hall–Kier alpha value is -0.201. The SMILES string of the molecule is Cl[c-]1cccc1.Cl[c-]1cccc1.[Fe]. The zero-order valence-electron chi connectivity index (χ0n) is 6.73. The fraction of sp³-hybridized carbons (Fsp3) is 0. The molecular formula is C10H8Cl2Fe-2. The maximum atomic E-state index is 5.46. The molecule has 0 aliphatic heterocycles. The first-order valence-electron chi connectivity index (χ1n) is 3.53. The molecule has 0 heterocycles. The van der Waals surface area contributed by atoms with E-state index in [4.69, 9.17) is 23.2 Å². The van der Waals surface area contributed by atoms with Crippen molar-refractivity contribution < 1.29 is 17.1 Å². The summed E-state index contributed by atoms with van der Waals surface area (Å²) in [4.78, 5) is 0. The van der Waals surface area contributed by atoms with E-state index in [0.717, 1.165) is 10.0 Å². The predicted octanol–water partition coefficient (Wildman–Crippen LogP) is 4.12. The first-order valence-corrected chi connectivity index (χ1v) is 4.29. The molecule has 0 aliphatic rings. The van der Waals surface area contributed by atoms with Crippen molar-refractivity contribution in [3.05, 3.63) is 58.6 Å². The molecule has 0 saturated carbocycles. The molecule has 0 amide bonds. The standard InChI is InChI=1S/2C5H4Cl.Fe/c2*6-5-3-1-2-4-5;/h2*1-4H;/q2*-1;. The largest absolute Gasteiger partial charge is 0.212 e. The summed E-state index contributed by atoms with van der Waals surface area (Å²) >= 11 is 10.9. The molecule has 2 aromatic rings. The Kier molecular flexibility index (Phi) is 7.12. The molecule has 0 spiro atoms. The van der Waals surface area contributed by atoms with Gasteiger partial charge >= 0.3 is 0 Å². The third-order valence-electron chi connectivity index (χ3n) is 1.24. The Bertz CT molecular complexity index is 252. The van der Waals surface area contributed by atoms with E-state index in [-0.39, 0.29) is 17.1 Å². The Balaban J connectivity index is 0.000000206. The Labute approximate surface area is 98.7 Å². The van der Waals surface area contributed by atoms with Crippen LogP contribution in [0.4, 0.5) is 0 Å². The molecule has 0 fully saturated rings. The van der Waals surface area contributed by atoms with E-state index >= 15 is 0 Å². The fourth-order valence-corrected chi connectivity index (χ4v) is 0.992. The molecule has 2 aromatic carbocycles. The van der Waals surface area contributed by atoms with Crippen LogP contribution in [0.1, 0.15) is 0 Å². The van der Waals surface area contributed by atoms with Crippen molar-refractivity contribution in [2.24, 2.45) is 0 Å². The monoisotopic (exact) mass is 254 g/mol. The van der Waals surface area contributed by atoms with Gasteiger partial charge in [0.1, 0.15) is 0 Å². The summed E-state index contributed by atoms with van der Waals surface area (Å²) in [6.45, 7) is 0. The summed E-state index contributed by atoms with van der Waals surface area (Å²) in [6, 6.07) is 15.0. The molecule has 0 aliphatic carbocycles. The maximum absolute atomic E-state index is 5.46. The van der Waals surface area contributed by atoms with Crippen LogP contribution < -0.4 is 0 Å². The van der Waals surface area contributed by atoms with Gasteiger partial charge in [-0.2, -0.15) is 47.5 Å². The summed E-state index contributed by atoms with van der Waals surface area (Å²) in [5.74, 6) is 0. The molecular weight excluding hydrogens is 247 g/mol. The quantitative estimate of drug-likeness (QED) is 0.490. The van der Waals surface area contributed by atoms with Crippen molar-refractivity contribution >= 4 is 23.2 Å². The zero-order valence-corrected chi connectivity index (χ0v) is 9.34. The van der Waals surface area contributed by atoms with Crippen LogP contribution in [0, 0.1) is 0 Å². The van der Waals surface area contributed by atoms with Crippen molar-refractivity contribution in [2.75, 3.05) is 0 Å². The van der Waals surface area contributed by atoms with Gasteiger partial charge in [0.05, 0.1) is 0 Å². The van der Waals surface area contributed by atoms with Crippen LogP contribution in [-0.2, 0) is 17.1 Å². The minimum atomic E-state index is 0.